The lowest BCUT2D eigenvalue weighted by Gasteiger charge is -2.35. The number of hydrogen-bond acceptors (Lipinski definition) is 4. The quantitative estimate of drug-likeness (QED) is 0.494. The Labute approximate surface area is 192 Å². The van der Waals surface area contributed by atoms with Crippen molar-refractivity contribution in [3.63, 3.8) is 0 Å². The summed E-state index contributed by atoms with van der Waals surface area (Å²) in [5.41, 5.74) is 3.58. The molecule has 1 aromatic carbocycles. The van der Waals surface area contributed by atoms with Gasteiger partial charge in [0, 0.05) is 63.4 Å². The molecular weight excluding hydrogens is 417 g/mol. The molecule has 3 aromatic heterocycles. The number of fused-ring (bicyclic) bond motifs is 1. The van der Waals surface area contributed by atoms with Crippen LogP contribution >= 0.6 is 0 Å². The minimum Gasteiger partial charge on any atom is -0.355 e. The molecule has 4 aromatic rings. The van der Waals surface area contributed by atoms with Gasteiger partial charge in [0.2, 0.25) is 0 Å². The van der Waals surface area contributed by atoms with Gasteiger partial charge in [-0.3, -0.25) is 14.7 Å². The summed E-state index contributed by atoms with van der Waals surface area (Å²) >= 11 is 0. The number of carbonyl (C=O) groups excluding carboxylic acids is 1. The number of hydrogen-bond donors (Lipinski definition) is 1. The molecule has 7 heteroatoms. The van der Waals surface area contributed by atoms with Crippen molar-refractivity contribution < 1.29 is 9.18 Å². The molecule has 0 unspecified atom stereocenters. The van der Waals surface area contributed by atoms with E-state index in [0.717, 1.165) is 49.6 Å². The summed E-state index contributed by atoms with van der Waals surface area (Å²) in [5, 5.41) is 2.88. The first-order valence-electron chi connectivity index (χ1n) is 11.2. The van der Waals surface area contributed by atoms with Crippen LogP contribution in [-0.4, -0.2) is 46.4 Å². The van der Waals surface area contributed by atoms with E-state index >= 15 is 0 Å². The number of halogens is 1. The summed E-state index contributed by atoms with van der Waals surface area (Å²) in [6, 6.07) is 18.3. The van der Waals surface area contributed by atoms with Crippen molar-refractivity contribution in [1.82, 2.24) is 19.6 Å². The van der Waals surface area contributed by atoms with E-state index in [0.29, 0.717) is 5.56 Å². The first-order chi connectivity index (χ1) is 16.2. The van der Waals surface area contributed by atoms with Crippen LogP contribution in [0, 0.1) is 5.82 Å². The second-order valence-electron chi connectivity index (χ2n) is 8.34. The lowest BCUT2D eigenvalue weighted by atomic mass is 10.2. The molecule has 0 atom stereocenters. The highest BCUT2D eigenvalue weighted by Gasteiger charge is 2.20. The Morgan fingerprint density at radius 2 is 1.79 bits per heavy atom. The van der Waals surface area contributed by atoms with E-state index in [-0.39, 0.29) is 18.3 Å². The molecule has 0 bridgehead atoms. The van der Waals surface area contributed by atoms with Gasteiger partial charge in [-0.15, -0.1) is 0 Å². The Bertz CT molecular complexity index is 1250. The largest absolute Gasteiger partial charge is 0.355 e. The summed E-state index contributed by atoms with van der Waals surface area (Å²) < 4.78 is 15.5. The van der Waals surface area contributed by atoms with Gasteiger partial charge < -0.3 is 14.6 Å². The molecule has 5 rings (SSSR count). The monoisotopic (exact) mass is 443 g/mol. The Balaban J connectivity index is 1.25. The highest BCUT2D eigenvalue weighted by molar-refractivity contribution is 5.94. The van der Waals surface area contributed by atoms with E-state index in [4.69, 9.17) is 0 Å². The summed E-state index contributed by atoms with van der Waals surface area (Å²) in [7, 11) is 0. The average Bonchev–Trinajstić information content (AvgIpc) is 3.27. The summed E-state index contributed by atoms with van der Waals surface area (Å²) in [4.78, 5) is 21.7. The highest BCUT2D eigenvalue weighted by atomic mass is 19.1. The molecule has 168 valence electrons. The second kappa shape index (κ2) is 9.42. The number of amides is 1. The van der Waals surface area contributed by atoms with Crippen LogP contribution in [0.25, 0.3) is 5.52 Å². The van der Waals surface area contributed by atoms with Crippen molar-refractivity contribution in [2.75, 3.05) is 31.1 Å². The van der Waals surface area contributed by atoms with Crippen LogP contribution in [0.4, 0.5) is 10.2 Å². The number of carbonyl (C=O) groups is 1. The molecule has 33 heavy (non-hydrogen) atoms. The molecule has 0 saturated carbocycles. The van der Waals surface area contributed by atoms with E-state index < -0.39 is 0 Å². The number of aromatic nitrogens is 2. The van der Waals surface area contributed by atoms with E-state index in [1.165, 1.54) is 17.7 Å². The predicted octanol–water partition coefficient (Wildman–Crippen LogP) is 3.73. The zero-order valence-corrected chi connectivity index (χ0v) is 18.3. The number of nitrogens with zero attached hydrogens (tertiary/aromatic N) is 4. The molecule has 0 aliphatic carbocycles. The fourth-order valence-electron chi connectivity index (χ4n) is 4.29. The Hall–Kier alpha value is -3.71. The Kier molecular flexibility index (Phi) is 6.04. The molecule has 0 radical (unpaired) electrons. The maximum atomic E-state index is 13.4. The van der Waals surface area contributed by atoms with Crippen molar-refractivity contribution in [1.29, 1.82) is 0 Å². The van der Waals surface area contributed by atoms with E-state index in [2.05, 4.69) is 42.7 Å². The highest BCUT2D eigenvalue weighted by Crippen LogP contribution is 2.22. The van der Waals surface area contributed by atoms with Crippen molar-refractivity contribution in [2.24, 2.45) is 0 Å². The minimum atomic E-state index is -0.305. The summed E-state index contributed by atoms with van der Waals surface area (Å²) in [6.07, 6.45) is 5.61. The standard InChI is InChI=1S/C26H26FN5O/c27-23-5-1-3-20(15-23)17-29-26(33)22-6-7-24-8-9-25(32(24)19-22)31-13-11-30(12-14-31)18-21-4-2-10-28-16-21/h1-10,15-16,19H,11-14,17-18H2,(H,29,33). The minimum absolute atomic E-state index is 0.179. The lowest BCUT2D eigenvalue weighted by Crippen LogP contribution is -2.46. The van der Waals surface area contributed by atoms with Crippen molar-refractivity contribution >= 4 is 17.2 Å². The van der Waals surface area contributed by atoms with Crippen LogP contribution in [0.3, 0.4) is 0 Å². The number of rotatable bonds is 6. The number of pyridine rings is 2. The topological polar surface area (TPSA) is 52.9 Å². The summed E-state index contributed by atoms with van der Waals surface area (Å²) in [6.45, 7) is 4.97. The maximum Gasteiger partial charge on any atom is 0.253 e. The van der Waals surface area contributed by atoms with Crippen LogP contribution in [-0.2, 0) is 13.1 Å². The fourth-order valence-corrected chi connectivity index (χ4v) is 4.29. The predicted molar refractivity (Wildman–Crippen MR) is 127 cm³/mol. The number of piperazine rings is 1. The van der Waals surface area contributed by atoms with Gasteiger partial charge in [-0.2, -0.15) is 0 Å². The normalized spacial score (nSPS) is 14.5. The van der Waals surface area contributed by atoms with Gasteiger partial charge in [0.1, 0.15) is 11.6 Å². The first kappa shape index (κ1) is 21.2. The third-order valence-electron chi connectivity index (χ3n) is 6.06. The van der Waals surface area contributed by atoms with Gasteiger partial charge in [0.05, 0.1) is 5.56 Å². The van der Waals surface area contributed by atoms with Gasteiger partial charge in [0.25, 0.3) is 5.91 Å². The van der Waals surface area contributed by atoms with Gasteiger partial charge in [-0.25, -0.2) is 4.39 Å². The van der Waals surface area contributed by atoms with Gasteiger partial charge in [-0.05, 0) is 53.6 Å². The van der Waals surface area contributed by atoms with Crippen LogP contribution in [0.1, 0.15) is 21.5 Å². The second-order valence-corrected chi connectivity index (χ2v) is 8.34. The molecule has 4 heterocycles. The first-order valence-corrected chi connectivity index (χ1v) is 11.2. The molecule has 1 saturated heterocycles. The summed E-state index contributed by atoms with van der Waals surface area (Å²) in [5.74, 6) is 0.605. The Morgan fingerprint density at radius 3 is 2.58 bits per heavy atom. The van der Waals surface area contributed by atoms with Crippen LogP contribution in [0.2, 0.25) is 0 Å². The SMILES string of the molecule is O=C(NCc1cccc(F)c1)c1ccc2ccc(N3CCN(Cc4cccnc4)CC3)n2c1. The molecule has 1 amide bonds. The van der Waals surface area contributed by atoms with E-state index in [9.17, 15) is 9.18 Å². The molecule has 6 nitrogen and oxygen atoms in total. The molecule has 1 N–H and O–H groups in total. The molecule has 1 aliphatic rings. The maximum absolute atomic E-state index is 13.4. The third-order valence-corrected chi connectivity index (χ3v) is 6.06. The lowest BCUT2D eigenvalue weighted by molar-refractivity contribution is 0.0950. The number of anilines is 1. The van der Waals surface area contributed by atoms with Crippen LogP contribution in [0.5, 0.6) is 0 Å². The third kappa shape index (κ3) is 4.88. The van der Waals surface area contributed by atoms with Gasteiger partial charge in [-0.1, -0.05) is 18.2 Å². The zero-order valence-electron chi connectivity index (χ0n) is 18.3. The van der Waals surface area contributed by atoms with Crippen molar-refractivity contribution in [3.8, 4) is 0 Å². The van der Waals surface area contributed by atoms with E-state index in [1.807, 2.05) is 30.6 Å². The molecule has 1 fully saturated rings. The smallest absolute Gasteiger partial charge is 0.253 e. The Morgan fingerprint density at radius 1 is 0.970 bits per heavy atom. The van der Waals surface area contributed by atoms with Crippen LogP contribution in [0.15, 0.2) is 79.3 Å². The number of benzene rings is 1. The zero-order chi connectivity index (χ0) is 22.6. The molecule has 1 aliphatic heterocycles. The van der Waals surface area contributed by atoms with Gasteiger partial charge >= 0.3 is 0 Å². The average molecular weight is 444 g/mol. The van der Waals surface area contributed by atoms with Crippen LogP contribution < -0.4 is 10.2 Å². The molecular formula is C26H26FN5O. The van der Waals surface area contributed by atoms with Crippen molar-refractivity contribution in [3.05, 3.63) is 102 Å². The fraction of sp³-hybridized carbons (Fsp3) is 0.231. The van der Waals surface area contributed by atoms with Crippen molar-refractivity contribution in [2.45, 2.75) is 13.1 Å². The number of nitrogens with one attached hydrogen (secondary N) is 1. The van der Waals surface area contributed by atoms with Gasteiger partial charge in [0.15, 0.2) is 0 Å². The van der Waals surface area contributed by atoms with E-state index in [1.54, 1.807) is 18.3 Å². The molecule has 0 spiro atoms.